The minimum atomic E-state index is -0.0278. The van der Waals surface area contributed by atoms with Crippen molar-refractivity contribution in [2.75, 3.05) is 6.61 Å². The van der Waals surface area contributed by atoms with Crippen molar-refractivity contribution in [1.29, 1.82) is 0 Å². The van der Waals surface area contributed by atoms with Gasteiger partial charge in [-0.05, 0) is 26.0 Å². The third-order valence-corrected chi connectivity index (χ3v) is 2.81. The molecule has 1 atom stereocenters. The maximum atomic E-state index is 5.81. The van der Waals surface area contributed by atoms with Crippen LogP contribution in [0.2, 0.25) is 0 Å². The molecule has 0 spiro atoms. The Morgan fingerprint density at radius 1 is 1.33 bits per heavy atom. The van der Waals surface area contributed by atoms with Crippen molar-refractivity contribution in [1.82, 2.24) is 9.55 Å². The highest BCUT2D eigenvalue weighted by Gasteiger charge is 2.07. The van der Waals surface area contributed by atoms with Gasteiger partial charge in [0, 0.05) is 12.2 Å². The van der Waals surface area contributed by atoms with Crippen molar-refractivity contribution in [2.45, 2.75) is 26.4 Å². The molecule has 4 heteroatoms. The molecule has 1 aromatic carbocycles. The lowest BCUT2D eigenvalue weighted by Gasteiger charge is -2.07. The predicted molar refractivity (Wildman–Crippen MR) is 71.5 cm³/mol. The van der Waals surface area contributed by atoms with Gasteiger partial charge >= 0.3 is 0 Å². The summed E-state index contributed by atoms with van der Waals surface area (Å²) < 4.78 is 7.73. The smallest absolute Gasteiger partial charge is 0.119 e. The van der Waals surface area contributed by atoms with E-state index < -0.39 is 0 Å². The summed E-state index contributed by atoms with van der Waals surface area (Å²) in [5.74, 6) is 1.86. The maximum absolute atomic E-state index is 5.81. The van der Waals surface area contributed by atoms with Crippen LogP contribution in [0.3, 0.4) is 0 Å². The molecule has 0 amide bonds. The minimum Gasteiger partial charge on any atom is -0.492 e. The summed E-state index contributed by atoms with van der Waals surface area (Å²) >= 11 is 0. The zero-order chi connectivity index (χ0) is 13.0. The first-order valence-electron chi connectivity index (χ1n) is 6.14. The second-order valence-electron chi connectivity index (χ2n) is 4.36. The molecule has 2 N–H and O–H groups in total. The average molecular weight is 245 g/mol. The molecule has 0 aliphatic carbocycles. The average Bonchev–Trinajstić information content (AvgIpc) is 2.73. The van der Waals surface area contributed by atoms with E-state index in [0.717, 1.165) is 23.8 Å². The normalized spacial score (nSPS) is 12.4. The van der Waals surface area contributed by atoms with Crippen molar-refractivity contribution in [3.05, 3.63) is 48.0 Å². The number of hydrogen-bond donors (Lipinski definition) is 1. The van der Waals surface area contributed by atoms with E-state index in [1.54, 1.807) is 0 Å². The molecular formula is C14H19N3O. The Morgan fingerprint density at radius 2 is 2.06 bits per heavy atom. The monoisotopic (exact) mass is 245 g/mol. The molecule has 0 radical (unpaired) electrons. The van der Waals surface area contributed by atoms with Crippen molar-refractivity contribution in [3.63, 3.8) is 0 Å². The lowest BCUT2D eigenvalue weighted by molar-refractivity contribution is 0.297. The summed E-state index contributed by atoms with van der Waals surface area (Å²) in [4.78, 5) is 4.42. The van der Waals surface area contributed by atoms with Crippen LogP contribution in [-0.2, 0) is 6.54 Å². The van der Waals surface area contributed by atoms with Gasteiger partial charge in [0.15, 0.2) is 0 Å². The van der Waals surface area contributed by atoms with Gasteiger partial charge in [0.1, 0.15) is 18.2 Å². The third-order valence-electron chi connectivity index (χ3n) is 2.81. The lowest BCUT2D eigenvalue weighted by Crippen LogP contribution is -2.09. The first-order valence-corrected chi connectivity index (χ1v) is 6.14. The number of nitrogens with zero attached hydrogens (tertiary/aromatic N) is 2. The van der Waals surface area contributed by atoms with Crippen LogP contribution < -0.4 is 10.5 Å². The Labute approximate surface area is 107 Å². The highest BCUT2D eigenvalue weighted by molar-refractivity contribution is 5.20. The summed E-state index contributed by atoms with van der Waals surface area (Å²) in [6, 6.07) is 9.78. The molecule has 0 saturated heterocycles. The molecule has 0 fully saturated rings. The van der Waals surface area contributed by atoms with Crippen LogP contribution in [0.1, 0.15) is 24.5 Å². The molecule has 4 nitrogen and oxygen atoms in total. The van der Waals surface area contributed by atoms with Crippen molar-refractivity contribution in [3.8, 4) is 5.75 Å². The molecule has 1 heterocycles. The topological polar surface area (TPSA) is 53.1 Å². The van der Waals surface area contributed by atoms with Crippen LogP contribution in [0.25, 0.3) is 0 Å². The Balaban J connectivity index is 1.90. The zero-order valence-electron chi connectivity index (χ0n) is 10.8. The van der Waals surface area contributed by atoms with Gasteiger partial charge in [0.25, 0.3) is 0 Å². The fraction of sp³-hybridized carbons (Fsp3) is 0.357. The Morgan fingerprint density at radius 3 is 2.67 bits per heavy atom. The van der Waals surface area contributed by atoms with Crippen molar-refractivity contribution in [2.24, 2.45) is 5.73 Å². The maximum Gasteiger partial charge on any atom is 0.119 e. The van der Waals surface area contributed by atoms with Gasteiger partial charge in [-0.1, -0.05) is 18.2 Å². The molecule has 0 unspecified atom stereocenters. The van der Waals surface area contributed by atoms with Gasteiger partial charge in [0.05, 0.1) is 12.2 Å². The third kappa shape index (κ3) is 3.11. The molecule has 0 saturated carbocycles. The molecule has 2 rings (SSSR count). The van der Waals surface area contributed by atoms with Crippen LogP contribution in [0.5, 0.6) is 5.75 Å². The summed E-state index contributed by atoms with van der Waals surface area (Å²) in [7, 11) is 0. The van der Waals surface area contributed by atoms with E-state index in [0.29, 0.717) is 6.61 Å². The van der Waals surface area contributed by atoms with Crippen LogP contribution in [-0.4, -0.2) is 16.2 Å². The van der Waals surface area contributed by atoms with E-state index in [-0.39, 0.29) is 6.04 Å². The van der Waals surface area contributed by atoms with Gasteiger partial charge in [-0.2, -0.15) is 0 Å². The van der Waals surface area contributed by atoms with E-state index in [4.69, 9.17) is 10.5 Å². The summed E-state index contributed by atoms with van der Waals surface area (Å²) in [6.45, 7) is 5.32. The molecule has 18 heavy (non-hydrogen) atoms. The predicted octanol–water partition coefficient (Wildman–Crippen LogP) is 2.29. The van der Waals surface area contributed by atoms with Gasteiger partial charge in [-0.3, -0.25) is 0 Å². The van der Waals surface area contributed by atoms with Gasteiger partial charge in [-0.15, -0.1) is 0 Å². The molecule has 0 bridgehead atoms. The number of ether oxygens (including phenoxy) is 1. The van der Waals surface area contributed by atoms with Crippen LogP contribution in [0.4, 0.5) is 0 Å². The summed E-state index contributed by atoms with van der Waals surface area (Å²) in [5, 5.41) is 0. The summed E-state index contributed by atoms with van der Waals surface area (Å²) in [6.07, 6.45) is 1.99. The highest BCUT2D eigenvalue weighted by atomic mass is 16.5. The fourth-order valence-corrected chi connectivity index (χ4v) is 1.76. The first kappa shape index (κ1) is 12.6. The molecule has 2 aromatic rings. The SMILES string of the molecule is Cc1nc([C@@H](C)N)cn1CCOc1ccccc1. The van der Waals surface area contributed by atoms with E-state index in [1.807, 2.05) is 50.4 Å². The molecular weight excluding hydrogens is 226 g/mol. The largest absolute Gasteiger partial charge is 0.492 e. The second-order valence-corrected chi connectivity index (χ2v) is 4.36. The minimum absolute atomic E-state index is 0.0278. The number of aromatic nitrogens is 2. The Hall–Kier alpha value is -1.81. The van der Waals surface area contributed by atoms with Gasteiger partial charge in [-0.25, -0.2) is 4.98 Å². The van der Waals surface area contributed by atoms with E-state index in [9.17, 15) is 0 Å². The van der Waals surface area contributed by atoms with E-state index >= 15 is 0 Å². The van der Waals surface area contributed by atoms with Crippen molar-refractivity contribution >= 4 is 0 Å². The Kier molecular flexibility index (Phi) is 3.99. The van der Waals surface area contributed by atoms with Crippen LogP contribution in [0, 0.1) is 6.92 Å². The standard InChI is InChI=1S/C14H19N3O/c1-11(15)14-10-17(12(2)16-14)8-9-18-13-6-4-3-5-7-13/h3-7,10-11H,8-9,15H2,1-2H3/t11-/m1/s1. The van der Waals surface area contributed by atoms with Gasteiger partial charge in [0.2, 0.25) is 0 Å². The number of rotatable bonds is 5. The highest BCUT2D eigenvalue weighted by Crippen LogP contribution is 2.11. The molecule has 1 aromatic heterocycles. The lowest BCUT2D eigenvalue weighted by atomic mass is 10.3. The fourth-order valence-electron chi connectivity index (χ4n) is 1.76. The molecule has 0 aliphatic rings. The number of nitrogens with two attached hydrogens (primary N) is 1. The van der Waals surface area contributed by atoms with Gasteiger partial charge < -0.3 is 15.0 Å². The van der Waals surface area contributed by atoms with E-state index in [2.05, 4.69) is 9.55 Å². The summed E-state index contributed by atoms with van der Waals surface area (Å²) in [5.41, 5.74) is 6.73. The van der Waals surface area contributed by atoms with E-state index in [1.165, 1.54) is 0 Å². The first-order chi connectivity index (χ1) is 8.66. The molecule has 96 valence electrons. The van der Waals surface area contributed by atoms with Crippen LogP contribution >= 0.6 is 0 Å². The number of imidazole rings is 1. The number of aryl methyl sites for hydroxylation is 1. The quantitative estimate of drug-likeness (QED) is 0.879. The number of para-hydroxylation sites is 1. The van der Waals surface area contributed by atoms with Crippen LogP contribution in [0.15, 0.2) is 36.5 Å². The second kappa shape index (κ2) is 5.69. The number of benzene rings is 1. The Bertz CT molecular complexity index is 491. The zero-order valence-corrected chi connectivity index (χ0v) is 10.8. The molecule has 0 aliphatic heterocycles. The van der Waals surface area contributed by atoms with Crippen molar-refractivity contribution < 1.29 is 4.74 Å². The number of hydrogen-bond acceptors (Lipinski definition) is 3.